The predicted molar refractivity (Wildman–Crippen MR) is 162 cm³/mol. The molecular weight excluding hydrogens is 915 g/mol. The number of carbonyl (C=O) groups is 4. The van der Waals surface area contributed by atoms with E-state index in [-0.39, 0.29) is 12.3 Å². The van der Waals surface area contributed by atoms with E-state index in [9.17, 15) is 19.2 Å². The molecule has 2 aromatic carbocycles. The van der Waals surface area contributed by atoms with Gasteiger partial charge >= 0.3 is 5.97 Å². The van der Waals surface area contributed by atoms with Crippen LogP contribution in [0, 0.1) is 20.2 Å². The van der Waals surface area contributed by atoms with Crippen molar-refractivity contribution in [2.75, 3.05) is 11.9 Å². The highest BCUT2D eigenvalue weighted by molar-refractivity contribution is 14.1. The SMILES string of the molecule is CC(C)C[C@H](C(=O)OCC(=O)Nc1ccccc1Cl)N1C(=O)c2c(I)c(I)c(I)c(I)c2C1=O. The molecule has 0 fully saturated rings. The Hall–Kier alpha value is -0.270. The lowest BCUT2D eigenvalue weighted by Gasteiger charge is -2.26. The van der Waals surface area contributed by atoms with Crippen molar-refractivity contribution in [2.24, 2.45) is 5.92 Å². The summed E-state index contributed by atoms with van der Waals surface area (Å²) in [5.74, 6) is -2.47. The molecule has 180 valence electrons. The van der Waals surface area contributed by atoms with Crippen molar-refractivity contribution in [2.45, 2.75) is 26.3 Å². The van der Waals surface area contributed by atoms with Crippen LogP contribution in [0.15, 0.2) is 24.3 Å². The number of hydrogen-bond acceptors (Lipinski definition) is 5. The lowest BCUT2D eigenvalue weighted by molar-refractivity contribution is -0.151. The third-order valence-corrected chi connectivity index (χ3v) is 12.6. The summed E-state index contributed by atoms with van der Waals surface area (Å²) in [6, 6.07) is 5.52. The lowest BCUT2D eigenvalue weighted by atomic mass is 10.0. The zero-order chi connectivity index (χ0) is 25.3. The topological polar surface area (TPSA) is 92.8 Å². The highest BCUT2D eigenvalue weighted by Crippen LogP contribution is 2.38. The number of carbonyl (C=O) groups excluding carboxylic acids is 4. The first-order valence-electron chi connectivity index (χ1n) is 9.90. The normalized spacial score (nSPS) is 13.8. The molecule has 0 aromatic heterocycles. The number of halogens is 5. The molecular formula is C22H17ClI4N2O5. The molecule has 0 unspecified atom stereocenters. The van der Waals surface area contributed by atoms with E-state index in [0.29, 0.717) is 29.0 Å². The zero-order valence-corrected chi connectivity index (χ0v) is 27.1. The monoisotopic (exact) mass is 932 g/mol. The second-order valence-electron chi connectivity index (χ2n) is 7.77. The quantitative estimate of drug-likeness (QED) is 0.122. The Labute approximate surface area is 256 Å². The van der Waals surface area contributed by atoms with E-state index >= 15 is 0 Å². The highest BCUT2D eigenvalue weighted by atomic mass is 127. The summed E-state index contributed by atoms with van der Waals surface area (Å²) in [5, 5.41) is 2.92. The smallest absolute Gasteiger partial charge is 0.329 e. The summed E-state index contributed by atoms with van der Waals surface area (Å²) in [6.45, 7) is 3.18. The molecule has 3 amide bonds. The number of para-hydroxylation sites is 1. The Kier molecular flexibility index (Phi) is 9.87. The number of imide groups is 1. The van der Waals surface area contributed by atoms with Crippen LogP contribution in [-0.2, 0) is 14.3 Å². The van der Waals surface area contributed by atoms with Crippen molar-refractivity contribution in [1.82, 2.24) is 4.90 Å². The molecule has 12 heteroatoms. The molecule has 1 N–H and O–H groups in total. The fraction of sp³-hybridized carbons (Fsp3) is 0.273. The van der Waals surface area contributed by atoms with E-state index in [1.807, 2.05) is 13.8 Å². The van der Waals surface area contributed by atoms with E-state index < -0.39 is 36.3 Å². The van der Waals surface area contributed by atoms with Crippen LogP contribution >= 0.6 is 102 Å². The molecule has 0 saturated heterocycles. The fourth-order valence-electron chi connectivity index (χ4n) is 3.38. The van der Waals surface area contributed by atoms with Crippen LogP contribution in [0.25, 0.3) is 0 Å². The van der Waals surface area contributed by atoms with Crippen molar-refractivity contribution in [3.8, 4) is 0 Å². The molecule has 0 saturated carbocycles. The van der Waals surface area contributed by atoms with Crippen LogP contribution < -0.4 is 5.32 Å². The van der Waals surface area contributed by atoms with Gasteiger partial charge in [-0.1, -0.05) is 37.6 Å². The number of amides is 3. The Morgan fingerprint density at radius 3 is 2.00 bits per heavy atom. The number of nitrogens with zero attached hydrogens (tertiary/aromatic N) is 1. The van der Waals surface area contributed by atoms with Gasteiger partial charge in [-0.2, -0.15) is 0 Å². The number of fused-ring (bicyclic) bond motifs is 1. The minimum atomic E-state index is -1.15. The standard InChI is InChI=1S/C22H17ClI4N2O5/c1-9(2)7-12(22(33)34-8-13(30)28-11-6-4-3-5-10(11)23)29-20(31)14-15(21(29)32)17(25)19(27)18(26)16(14)24/h3-6,9,12H,7-8H2,1-2H3,(H,28,30)/t12-/m1/s1. The van der Waals surface area contributed by atoms with Gasteiger partial charge in [0.05, 0.1) is 21.8 Å². The van der Waals surface area contributed by atoms with Gasteiger partial charge < -0.3 is 10.1 Å². The first-order chi connectivity index (χ1) is 16.0. The van der Waals surface area contributed by atoms with Gasteiger partial charge in [0.2, 0.25) is 0 Å². The molecule has 7 nitrogen and oxygen atoms in total. The van der Waals surface area contributed by atoms with E-state index in [1.54, 1.807) is 24.3 Å². The summed E-state index contributed by atoms with van der Waals surface area (Å²) in [6.07, 6.45) is 0.206. The lowest BCUT2D eigenvalue weighted by Crippen LogP contribution is -2.47. The van der Waals surface area contributed by atoms with Crippen molar-refractivity contribution in [1.29, 1.82) is 0 Å². The predicted octanol–water partition coefficient (Wildman–Crippen LogP) is 5.95. The van der Waals surface area contributed by atoms with Crippen molar-refractivity contribution < 1.29 is 23.9 Å². The molecule has 0 radical (unpaired) electrons. The minimum absolute atomic E-state index is 0.0165. The van der Waals surface area contributed by atoms with Crippen molar-refractivity contribution >= 4 is 131 Å². The number of rotatable bonds is 7. The van der Waals surface area contributed by atoms with E-state index in [0.717, 1.165) is 12.0 Å². The molecule has 1 aliphatic heterocycles. The average molecular weight is 932 g/mol. The second-order valence-corrected chi connectivity index (χ2v) is 12.5. The minimum Gasteiger partial charge on any atom is -0.454 e. The molecule has 0 aliphatic carbocycles. The highest BCUT2D eigenvalue weighted by Gasteiger charge is 2.47. The molecule has 1 heterocycles. The van der Waals surface area contributed by atoms with Crippen molar-refractivity contribution in [3.63, 3.8) is 0 Å². The van der Waals surface area contributed by atoms with Gasteiger partial charge in [0, 0.05) is 14.3 Å². The van der Waals surface area contributed by atoms with Crippen molar-refractivity contribution in [3.05, 3.63) is 54.7 Å². The van der Waals surface area contributed by atoms with Gasteiger partial charge in [-0.25, -0.2) is 4.79 Å². The number of hydrogen-bond donors (Lipinski definition) is 1. The number of anilines is 1. The third-order valence-electron chi connectivity index (χ3n) is 4.90. The van der Waals surface area contributed by atoms with E-state index in [4.69, 9.17) is 16.3 Å². The molecule has 2 aromatic rings. The first kappa shape index (κ1) is 28.3. The van der Waals surface area contributed by atoms with Gasteiger partial charge in [0.15, 0.2) is 6.61 Å². The maximum Gasteiger partial charge on any atom is 0.329 e. The van der Waals surface area contributed by atoms with Crippen LogP contribution in [0.2, 0.25) is 5.02 Å². The summed E-state index contributed by atoms with van der Waals surface area (Å²) >= 11 is 14.5. The molecule has 1 atom stereocenters. The Bertz CT molecular complexity index is 1160. The van der Waals surface area contributed by atoms with Gasteiger partial charge in [-0.15, -0.1) is 0 Å². The number of ether oxygens (including phenoxy) is 1. The molecule has 0 bridgehead atoms. The van der Waals surface area contributed by atoms with Gasteiger partial charge in [0.1, 0.15) is 6.04 Å². The molecule has 0 spiro atoms. The summed E-state index contributed by atoms with van der Waals surface area (Å²) in [5.41, 5.74) is 0.994. The number of esters is 1. The first-order valence-corrected chi connectivity index (χ1v) is 14.6. The Balaban J connectivity index is 1.83. The summed E-state index contributed by atoms with van der Waals surface area (Å²) in [4.78, 5) is 53.1. The maximum atomic E-state index is 13.4. The fourth-order valence-corrected chi connectivity index (χ4v) is 7.22. The Morgan fingerprint density at radius 2 is 1.50 bits per heavy atom. The summed E-state index contributed by atoms with van der Waals surface area (Å²) < 4.78 is 8.36. The van der Waals surface area contributed by atoms with Gasteiger partial charge in [0.25, 0.3) is 17.7 Å². The number of nitrogens with one attached hydrogen (secondary N) is 1. The van der Waals surface area contributed by atoms with Crippen LogP contribution in [0.5, 0.6) is 0 Å². The largest absolute Gasteiger partial charge is 0.454 e. The van der Waals surface area contributed by atoms with E-state index in [1.165, 1.54) is 0 Å². The second kappa shape index (κ2) is 11.9. The van der Waals surface area contributed by atoms with Crippen LogP contribution in [0.3, 0.4) is 0 Å². The van der Waals surface area contributed by atoms with Crippen LogP contribution in [-0.4, -0.2) is 41.2 Å². The Morgan fingerprint density at radius 1 is 0.971 bits per heavy atom. The van der Waals surface area contributed by atoms with Gasteiger partial charge in [-0.3, -0.25) is 19.3 Å². The maximum absolute atomic E-state index is 13.4. The summed E-state index contributed by atoms with van der Waals surface area (Å²) in [7, 11) is 0. The van der Waals surface area contributed by atoms with Gasteiger partial charge in [-0.05, 0) is 115 Å². The number of benzene rings is 2. The van der Waals surface area contributed by atoms with Crippen LogP contribution in [0.4, 0.5) is 5.69 Å². The molecule has 34 heavy (non-hydrogen) atoms. The van der Waals surface area contributed by atoms with Crippen LogP contribution in [0.1, 0.15) is 41.0 Å². The average Bonchev–Trinajstić information content (AvgIpc) is 3.04. The third kappa shape index (κ3) is 5.82. The molecule has 1 aliphatic rings. The van der Waals surface area contributed by atoms with E-state index in [2.05, 4.69) is 95.7 Å². The molecule has 3 rings (SSSR count). The zero-order valence-electron chi connectivity index (χ0n) is 17.8.